The lowest BCUT2D eigenvalue weighted by Gasteiger charge is -2.23. The van der Waals surface area contributed by atoms with Crippen LogP contribution in [0.4, 0.5) is 4.79 Å². The van der Waals surface area contributed by atoms with Gasteiger partial charge in [-0.25, -0.2) is 4.79 Å². The Morgan fingerprint density at radius 3 is 2.50 bits per heavy atom. The molecule has 1 atom stereocenters. The van der Waals surface area contributed by atoms with Crippen LogP contribution < -0.4 is 21.7 Å². The van der Waals surface area contributed by atoms with Gasteiger partial charge in [0.05, 0.1) is 6.54 Å². The maximum atomic E-state index is 11.8. The number of rotatable bonds is 8. The van der Waals surface area contributed by atoms with E-state index in [0.29, 0.717) is 6.54 Å². The van der Waals surface area contributed by atoms with Crippen molar-refractivity contribution >= 4 is 24.3 Å². The van der Waals surface area contributed by atoms with Crippen LogP contribution in [0.25, 0.3) is 0 Å². The molecule has 7 heteroatoms. The quantitative estimate of drug-likeness (QED) is 0.543. The van der Waals surface area contributed by atoms with Crippen LogP contribution in [-0.4, -0.2) is 37.1 Å². The van der Waals surface area contributed by atoms with Crippen molar-refractivity contribution in [3.8, 4) is 0 Å². The van der Waals surface area contributed by atoms with E-state index in [2.05, 4.69) is 22.9 Å². The van der Waals surface area contributed by atoms with Crippen molar-refractivity contribution in [2.75, 3.05) is 13.1 Å². The summed E-state index contributed by atoms with van der Waals surface area (Å²) in [5.41, 5.74) is 5.63. The normalized spacial score (nSPS) is 16.3. The molecule has 1 fully saturated rings. The lowest BCUT2D eigenvalue weighted by Crippen LogP contribution is -2.48. The molecule has 0 aromatic rings. The molecule has 1 aliphatic carbocycles. The SMILES string of the molecule is CCCCC(CN)NC(=O)CNC(=O)NC1CCCCC1.Cl. The minimum absolute atomic E-state index is 0. The number of carbonyl (C=O) groups is 2. The fourth-order valence-corrected chi connectivity index (χ4v) is 2.62. The summed E-state index contributed by atoms with van der Waals surface area (Å²) < 4.78 is 0. The summed E-state index contributed by atoms with van der Waals surface area (Å²) in [6, 6.07) is -0.00119. The summed E-state index contributed by atoms with van der Waals surface area (Å²) in [7, 11) is 0. The third-order valence-electron chi connectivity index (χ3n) is 3.91. The standard InChI is InChI=1S/C15H30N4O2.ClH/c1-2-3-7-13(10-16)18-14(20)11-17-15(21)19-12-8-5-4-6-9-12;/h12-13H,2-11,16H2,1H3,(H,18,20)(H2,17,19,21);1H. The summed E-state index contributed by atoms with van der Waals surface area (Å²) in [4.78, 5) is 23.5. The van der Waals surface area contributed by atoms with E-state index in [4.69, 9.17) is 5.73 Å². The fraction of sp³-hybridized carbons (Fsp3) is 0.867. The first-order valence-corrected chi connectivity index (χ1v) is 8.19. The van der Waals surface area contributed by atoms with Gasteiger partial charge in [0.25, 0.3) is 0 Å². The Balaban J connectivity index is 0.00000441. The van der Waals surface area contributed by atoms with Gasteiger partial charge < -0.3 is 21.7 Å². The van der Waals surface area contributed by atoms with Crippen LogP contribution in [0.3, 0.4) is 0 Å². The molecule has 0 spiro atoms. The van der Waals surface area contributed by atoms with Gasteiger partial charge in [-0.1, -0.05) is 39.0 Å². The Hall–Kier alpha value is -1.01. The van der Waals surface area contributed by atoms with Gasteiger partial charge in [0, 0.05) is 18.6 Å². The predicted molar refractivity (Wildman–Crippen MR) is 91.2 cm³/mol. The van der Waals surface area contributed by atoms with Crippen molar-refractivity contribution < 1.29 is 9.59 Å². The van der Waals surface area contributed by atoms with Gasteiger partial charge in [-0.05, 0) is 19.3 Å². The molecule has 1 unspecified atom stereocenters. The second-order valence-electron chi connectivity index (χ2n) is 5.80. The van der Waals surface area contributed by atoms with E-state index in [1.165, 1.54) is 19.3 Å². The first kappa shape index (κ1) is 21.0. The molecule has 130 valence electrons. The molecule has 6 nitrogen and oxygen atoms in total. The predicted octanol–water partition coefficient (Wildman–Crippen LogP) is 1.67. The van der Waals surface area contributed by atoms with Gasteiger partial charge in [-0.2, -0.15) is 0 Å². The number of hydrogen-bond donors (Lipinski definition) is 4. The second-order valence-corrected chi connectivity index (χ2v) is 5.80. The van der Waals surface area contributed by atoms with Crippen LogP contribution in [-0.2, 0) is 4.79 Å². The molecule has 1 rings (SSSR count). The van der Waals surface area contributed by atoms with Gasteiger partial charge >= 0.3 is 6.03 Å². The molecular formula is C15H31ClN4O2. The highest BCUT2D eigenvalue weighted by Gasteiger charge is 2.16. The summed E-state index contributed by atoms with van der Waals surface area (Å²) in [5, 5.41) is 8.39. The molecule has 0 aromatic heterocycles. The molecule has 0 aromatic carbocycles. The fourth-order valence-electron chi connectivity index (χ4n) is 2.62. The molecule has 0 saturated heterocycles. The average molecular weight is 335 g/mol. The highest BCUT2D eigenvalue weighted by molar-refractivity contribution is 5.85. The number of nitrogens with one attached hydrogen (secondary N) is 3. The van der Waals surface area contributed by atoms with Crippen LogP contribution in [0.2, 0.25) is 0 Å². The van der Waals surface area contributed by atoms with Gasteiger partial charge in [-0.15, -0.1) is 12.4 Å². The number of nitrogens with two attached hydrogens (primary N) is 1. The summed E-state index contributed by atoms with van der Waals surface area (Å²) in [6.07, 6.45) is 8.65. The highest BCUT2D eigenvalue weighted by Crippen LogP contribution is 2.16. The lowest BCUT2D eigenvalue weighted by molar-refractivity contribution is -0.120. The molecule has 5 N–H and O–H groups in total. The minimum atomic E-state index is -0.255. The van der Waals surface area contributed by atoms with Gasteiger partial charge in [0.15, 0.2) is 0 Å². The zero-order valence-electron chi connectivity index (χ0n) is 13.5. The number of carbonyl (C=O) groups excluding carboxylic acids is 2. The summed E-state index contributed by atoms with van der Waals surface area (Å²) in [5.74, 6) is -0.180. The van der Waals surface area contributed by atoms with Gasteiger partial charge in [-0.3, -0.25) is 4.79 Å². The van der Waals surface area contributed by atoms with Crippen molar-refractivity contribution in [2.45, 2.75) is 70.4 Å². The molecule has 3 amide bonds. The Morgan fingerprint density at radius 2 is 1.91 bits per heavy atom. The lowest BCUT2D eigenvalue weighted by atomic mass is 9.96. The van der Waals surface area contributed by atoms with Crippen LogP contribution in [0.15, 0.2) is 0 Å². The van der Waals surface area contributed by atoms with Crippen LogP contribution in [0.5, 0.6) is 0 Å². The molecule has 0 bridgehead atoms. The summed E-state index contributed by atoms with van der Waals surface area (Å²) in [6.45, 7) is 2.54. The molecule has 0 radical (unpaired) electrons. The molecule has 1 saturated carbocycles. The van der Waals surface area contributed by atoms with Crippen molar-refractivity contribution in [1.82, 2.24) is 16.0 Å². The van der Waals surface area contributed by atoms with Crippen molar-refractivity contribution in [1.29, 1.82) is 0 Å². The topological polar surface area (TPSA) is 96.2 Å². The van der Waals surface area contributed by atoms with E-state index >= 15 is 0 Å². The average Bonchev–Trinajstić information content (AvgIpc) is 2.50. The first-order chi connectivity index (χ1) is 10.2. The first-order valence-electron chi connectivity index (χ1n) is 8.19. The van der Waals surface area contributed by atoms with E-state index in [9.17, 15) is 9.59 Å². The zero-order valence-corrected chi connectivity index (χ0v) is 14.3. The second kappa shape index (κ2) is 12.5. The number of unbranched alkanes of at least 4 members (excludes halogenated alkanes) is 1. The Morgan fingerprint density at radius 1 is 1.23 bits per heavy atom. The summed E-state index contributed by atoms with van der Waals surface area (Å²) >= 11 is 0. The Bertz CT molecular complexity index is 323. The van der Waals surface area contributed by atoms with Gasteiger partial charge in [0.1, 0.15) is 0 Å². The smallest absolute Gasteiger partial charge is 0.315 e. The highest BCUT2D eigenvalue weighted by atomic mass is 35.5. The largest absolute Gasteiger partial charge is 0.351 e. The van der Waals surface area contributed by atoms with E-state index in [1.54, 1.807) is 0 Å². The van der Waals surface area contributed by atoms with Crippen LogP contribution in [0.1, 0.15) is 58.3 Å². The van der Waals surface area contributed by atoms with E-state index < -0.39 is 0 Å². The van der Waals surface area contributed by atoms with E-state index in [-0.39, 0.29) is 43.0 Å². The van der Waals surface area contributed by atoms with Crippen LogP contribution in [0, 0.1) is 0 Å². The van der Waals surface area contributed by atoms with E-state index in [1.807, 2.05) is 0 Å². The molecule has 0 heterocycles. The minimum Gasteiger partial charge on any atom is -0.351 e. The maximum Gasteiger partial charge on any atom is 0.315 e. The van der Waals surface area contributed by atoms with Crippen molar-refractivity contribution in [3.63, 3.8) is 0 Å². The van der Waals surface area contributed by atoms with E-state index in [0.717, 1.165) is 32.1 Å². The third-order valence-corrected chi connectivity index (χ3v) is 3.91. The molecular weight excluding hydrogens is 304 g/mol. The Kier molecular flexibility index (Phi) is 12.0. The molecule has 0 aliphatic heterocycles. The van der Waals surface area contributed by atoms with Crippen molar-refractivity contribution in [2.24, 2.45) is 5.73 Å². The number of hydrogen-bond acceptors (Lipinski definition) is 3. The monoisotopic (exact) mass is 334 g/mol. The number of amides is 3. The third kappa shape index (κ3) is 9.10. The number of urea groups is 1. The van der Waals surface area contributed by atoms with Gasteiger partial charge in [0.2, 0.25) is 5.91 Å². The number of halogens is 1. The Labute approximate surface area is 139 Å². The van der Waals surface area contributed by atoms with Crippen LogP contribution >= 0.6 is 12.4 Å². The molecule has 1 aliphatic rings. The van der Waals surface area contributed by atoms with Crippen molar-refractivity contribution in [3.05, 3.63) is 0 Å². The maximum absolute atomic E-state index is 11.8. The zero-order chi connectivity index (χ0) is 15.5. The molecule has 22 heavy (non-hydrogen) atoms.